The predicted molar refractivity (Wildman–Crippen MR) is 93.0 cm³/mol. The van der Waals surface area contributed by atoms with Crippen LogP contribution in [0.4, 0.5) is 0 Å². The minimum Gasteiger partial charge on any atom is -0.508 e. The molecule has 1 heterocycles. The highest BCUT2D eigenvalue weighted by atomic mass is 35.5. The number of carbonyl (C=O) groups is 1. The fourth-order valence-electron chi connectivity index (χ4n) is 3.28. The van der Waals surface area contributed by atoms with Crippen molar-refractivity contribution in [2.24, 2.45) is 0 Å². The Bertz CT molecular complexity index is 981. The van der Waals surface area contributed by atoms with Crippen molar-refractivity contribution in [3.63, 3.8) is 0 Å². The van der Waals surface area contributed by atoms with E-state index in [1.165, 1.54) is 18.2 Å². The zero-order valence-electron chi connectivity index (χ0n) is 12.9. The number of halogens is 1. The third kappa shape index (κ3) is 2.26. The summed E-state index contributed by atoms with van der Waals surface area (Å²) in [5.41, 5.74) is 0.564. The number of aromatic hydroxyl groups is 2. The van der Waals surface area contributed by atoms with Crippen LogP contribution in [0.1, 0.15) is 27.0 Å². The number of esters is 1. The Morgan fingerprint density at radius 3 is 2.36 bits per heavy atom. The van der Waals surface area contributed by atoms with Crippen LogP contribution >= 0.6 is 11.6 Å². The van der Waals surface area contributed by atoms with E-state index >= 15 is 0 Å². The van der Waals surface area contributed by atoms with Gasteiger partial charge in [-0.25, -0.2) is 4.79 Å². The number of phenols is 2. The van der Waals surface area contributed by atoms with Crippen LogP contribution in [0.25, 0.3) is 0 Å². The molecule has 0 amide bonds. The summed E-state index contributed by atoms with van der Waals surface area (Å²) in [5, 5.41) is 20.9. The quantitative estimate of drug-likeness (QED) is 0.535. The van der Waals surface area contributed by atoms with Gasteiger partial charge in [0.1, 0.15) is 11.5 Å². The summed E-state index contributed by atoms with van der Waals surface area (Å²) in [6, 6.07) is 18.0. The SMILES string of the molecule is O=C1OC(c2ccc(Cl)cc2)(c2cc(O)ccc2O)c2ccccc21. The largest absolute Gasteiger partial charge is 0.508 e. The van der Waals surface area contributed by atoms with E-state index in [-0.39, 0.29) is 17.1 Å². The van der Waals surface area contributed by atoms with Gasteiger partial charge < -0.3 is 14.9 Å². The first-order valence-corrected chi connectivity index (χ1v) is 8.01. The van der Waals surface area contributed by atoms with Gasteiger partial charge >= 0.3 is 5.97 Å². The lowest BCUT2D eigenvalue weighted by atomic mass is 9.79. The van der Waals surface area contributed by atoms with Crippen LogP contribution in [-0.4, -0.2) is 16.2 Å². The minimum atomic E-state index is -1.36. The molecule has 4 nitrogen and oxygen atoms in total. The van der Waals surface area contributed by atoms with Crippen LogP contribution in [0.15, 0.2) is 66.7 Å². The number of hydrogen-bond acceptors (Lipinski definition) is 4. The molecule has 3 aromatic carbocycles. The number of phenolic OH excluding ortho intramolecular Hbond substituents is 2. The van der Waals surface area contributed by atoms with Gasteiger partial charge in [0, 0.05) is 16.1 Å². The van der Waals surface area contributed by atoms with Gasteiger partial charge in [0.25, 0.3) is 0 Å². The molecule has 0 aromatic heterocycles. The Morgan fingerprint density at radius 1 is 0.880 bits per heavy atom. The first-order chi connectivity index (χ1) is 12.0. The van der Waals surface area contributed by atoms with Crippen LogP contribution in [-0.2, 0) is 10.3 Å². The normalized spacial score (nSPS) is 18.7. The van der Waals surface area contributed by atoms with E-state index in [0.717, 1.165) is 0 Å². The fourth-order valence-corrected chi connectivity index (χ4v) is 3.40. The van der Waals surface area contributed by atoms with Crippen LogP contribution in [0.5, 0.6) is 11.5 Å². The number of hydrogen-bond donors (Lipinski definition) is 2. The smallest absolute Gasteiger partial charge is 0.340 e. The van der Waals surface area contributed by atoms with Crippen molar-refractivity contribution in [2.45, 2.75) is 5.60 Å². The Labute approximate surface area is 148 Å². The average molecular weight is 353 g/mol. The van der Waals surface area contributed by atoms with Crippen molar-refractivity contribution in [1.82, 2.24) is 0 Å². The Morgan fingerprint density at radius 2 is 1.60 bits per heavy atom. The number of fused-ring (bicyclic) bond motifs is 1. The first kappa shape index (κ1) is 15.5. The van der Waals surface area contributed by atoms with E-state index in [1.807, 2.05) is 0 Å². The van der Waals surface area contributed by atoms with Gasteiger partial charge in [-0.2, -0.15) is 0 Å². The monoisotopic (exact) mass is 352 g/mol. The van der Waals surface area contributed by atoms with Crippen molar-refractivity contribution >= 4 is 17.6 Å². The van der Waals surface area contributed by atoms with Gasteiger partial charge in [0.2, 0.25) is 0 Å². The summed E-state index contributed by atoms with van der Waals surface area (Å²) in [4.78, 5) is 12.5. The maximum absolute atomic E-state index is 12.5. The number of ether oxygens (including phenoxy) is 1. The van der Waals surface area contributed by atoms with Crippen molar-refractivity contribution in [1.29, 1.82) is 0 Å². The second-order valence-corrected chi connectivity index (χ2v) is 6.26. The van der Waals surface area contributed by atoms with Gasteiger partial charge in [0.05, 0.1) is 11.1 Å². The molecule has 0 saturated heterocycles. The molecule has 3 aromatic rings. The molecule has 0 radical (unpaired) electrons. The summed E-state index contributed by atoms with van der Waals surface area (Å²) >= 11 is 6.00. The summed E-state index contributed by atoms with van der Waals surface area (Å²) < 4.78 is 5.81. The molecule has 1 unspecified atom stereocenters. The molecular weight excluding hydrogens is 340 g/mol. The lowest BCUT2D eigenvalue weighted by molar-refractivity contribution is 0.0245. The second kappa shape index (κ2) is 5.53. The molecule has 0 spiro atoms. The number of rotatable bonds is 2. The molecule has 0 fully saturated rings. The average Bonchev–Trinajstić information content (AvgIpc) is 2.92. The van der Waals surface area contributed by atoms with E-state index in [0.29, 0.717) is 21.7 Å². The van der Waals surface area contributed by atoms with E-state index in [4.69, 9.17) is 16.3 Å². The van der Waals surface area contributed by atoms with Gasteiger partial charge in [-0.1, -0.05) is 41.9 Å². The summed E-state index contributed by atoms with van der Waals surface area (Å²) in [6.07, 6.45) is 0. The maximum Gasteiger partial charge on any atom is 0.340 e. The molecule has 1 aliphatic heterocycles. The lowest BCUT2D eigenvalue weighted by Crippen LogP contribution is -2.29. The van der Waals surface area contributed by atoms with Crippen molar-refractivity contribution in [2.75, 3.05) is 0 Å². The zero-order chi connectivity index (χ0) is 17.6. The van der Waals surface area contributed by atoms with Gasteiger partial charge in [0.15, 0.2) is 5.60 Å². The van der Waals surface area contributed by atoms with Crippen LogP contribution < -0.4 is 0 Å². The van der Waals surface area contributed by atoms with E-state index < -0.39 is 11.6 Å². The molecular formula is C20H13ClO4. The first-order valence-electron chi connectivity index (χ1n) is 7.64. The van der Waals surface area contributed by atoms with E-state index in [2.05, 4.69) is 0 Å². The fraction of sp³-hybridized carbons (Fsp3) is 0.0500. The van der Waals surface area contributed by atoms with Crippen LogP contribution in [0.3, 0.4) is 0 Å². The third-order valence-electron chi connectivity index (χ3n) is 4.38. The van der Waals surface area contributed by atoms with Crippen LogP contribution in [0, 0.1) is 0 Å². The Balaban J connectivity index is 2.09. The van der Waals surface area contributed by atoms with Gasteiger partial charge in [-0.15, -0.1) is 0 Å². The summed E-state index contributed by atoms with van der Waals surface area (Å²) in [5.74, 6) is -0.618. The van der Waals surface area contributed by atoms with Crippen molar-refractivity contribution < 1.29 is 19.7 Å². The summed E-state index contributed by atoms with van der Waals surface area (Å²) in [6.45, 7) is 0. The number of cyclic esters (lactones) is 1. The summed E-state index contributed by atoms with van der Waals surface area (Å²) in [7, 11) is 0. The predicted octanol–water partition coefficient (Wildman–Crippen LogP) is 4.21. The molecule has 2 N–H and O–H groups in total. The Hall–Kier alpha value is -2.98. The lowest BCUT2D eigenvalue weighted by Gasteiger charge is -2.30. The highest BCUT2D eigenvalue weighted by Gasteiger charge is 2.49. The van der Waals surface area contributed by atoms with Crippen molar-refractivity contribution in [3.05, 3.63) is 94.0 Å². The molecule has 25 heavy (non-hydrogen) atoms. The molecule has 5 heteroatoms. The molecule has 1 aliphatic rings. The molecule has 124 valence electrons. The highest BCUT2D eigenvalue weighted by Crippen LogP contribution is 2.50. The molecule has 0 bridgehead atoms. The van der Waals surface area contributed by atoms with Gasteiger partial charge in [-0.3, -0.25) is 0 Å². The third-order valence-corrected chi connectivity index (χ3v) is 4.63. The highest BCUT2D eigenvalue weighted by molar-refractivity contribution is 6.30. The second-order valence-electron chi connectivity index (χ2n) is 5.82. The zero-order valence-corrected chi connectivity index (χ0v) is 13.7. The molecule has 4 rings (SSSR count). The number of benzene rings is 3. The number of carbonyl (C=O) groups excluding carboxylic acids is 1. The maximum atomic E-state index is 12.5. The standard InChI is InChI=1S/C20H13ClO4/c21-13-7-5-12(6-8-13)20(17-11-14(22)9-10-18(17)23)16-4-2-1-3-15(16)19(24)25-20/h1-11,22-23H. The Kier molecular flexibility index (Phi) is 3.44. The molecule has 0 aliphatic carbocycles. The van der Waals surface area contributed by atoms with Gasteiger partial charge in [-0.05, 0) is 36.4 Å². The van der Waals surface area contributed by atoms with E-state index in [1.54, 1.807) is 48.5 Å². The topological polar surface area (TPSA) is 66.8 Å². The van der Waals surface area contributed by atoms with Crippen LogP contribution in [0.2, 0.25) is 5.02 Å². The van der Waals surface area contributed by atoms with Crippen molar-refractivity contribution in [3.8, 4) is 11.5 Å². The van der Waals surface area contributed by atoms with E-state index in [9.17, 15) is 15.0 Å². The molecule has 0 saturated carbocycles. The molecule has 1 atom stereocenters. The minimum absolute atomic E-state index is 0.0402.